The van der Waals surface area contributed by atoms with Crippen LogP contribution in [0.5, 0.6) is 5.75 Å². The molecule has 1 aliphatic rings. The van der Waals surface area contributed by atoms with E-state index in [2.05, 4.69) is 15.3 Å². The van der Waals surface area contributed by atoms with Crippen molar-refractivity contribution in [1.29, 1.82) is 0 Å². The minimum Gasteiger partial charge on any atom is -0.494 e. The molecule has 7 heteroatoms. The van der Waals surface area contributed by atoms with Gasteiger partial charge in [-0.05, 0) is 12.1 Å². The molecule has 2 aromatic rings. The second-order valence-electron chi connectivity index (χ2n) is 4.26. The zero-order chi connectivity index (χ0) is 12.5. The number of aromatic nitrogens is 2. The molecule has 0 radical (unpaired) electrons. The van der Waals surface area contributed by atoms with E-state index < -0.39 is 0 Å². The van der Waals surface area contributed by atoms with Gasteiger partial charge in [0, 0.05) is 19.5 Å². The van der Waals surface area contributed by atoms with Gasteiger partial charge in [0.25, 0.3) is 0 Å². The van der Waals surface area contributed by atoms with Crippen LogP contribution in [0.3, 0.4) is 0 Å². The van der Waals surface area contributed by atoms with Crippen molar-refractivity contribution in [1.82, 2.24) is 15.3 Å². The molecule has 0 amide bonds. The van der Waals surface area contributed by atoms with Crippen molar-refractivity contribution in [2.24, 2.45) is 0 Å². The van der Waals surface area contributed by atoms with E-state index in [0.29, 0.717) is 11.4 Å². The molecule has 0 fully saturated rings. The Kier molecular flexibility index (Phi) is 5.80. The van der Waals surface area contributed by atoms with Crippen LogP contribution < -0.4 is 10.1 Å². The van der Waals surface area contributed by atoms with Crippen LogP contribution in [-0.2, 0) is 13.0 Å². The number of ether oxygens (including phenoxy) is 1. The van der Waals surface area contributed by atoms with Crippen LogP contribution in [0.25, 0.3) is 11.4 Å². The summed E-state index contributed by atoms with van der Waals surface area (Å²) in [6.07, 6.45) is 0.872. The lowest BCUT2D eigenvalue weighted by Crippen LogP contribution is -2.23. The van der Waals surface area contributed by atoms with Crippen LogP contribution in [0.2, 0.25) is 0 Å². The minimum atomic E-state index is -0.376. The van der Waals surface area contributed by atoms with Gasteiger partial charge in [-0.25, -0.2) is 9.37 Å². The van der Waals surface area contributed by atoms with Crippen LogP contribution in [0.15, 0.2) is 18.2 Å². The summed E-state index contributed by atoms with van der Waals surface area (Å²) >= 11 is 0. The number of aromatic amines is 1. The molecule has 0 saturated heterocycles. The Labute approximate surface area is 129 Å². The molecule has 20 heavy (non-hydrogen) atoms. The number of nitrogens with one attached hydrogen (secondary N) is 2. The minimum absolute atomic E-state index is 0. The Balaban J connectivity index is 0.000001000. The highest BCUT2D eigenvalue weighted by Crippen LogP contribution is 2.28. The maximum Gasteiger partial charge on any atom is 0.175 e. The summed E-state index contributed by atoms with van der Waals surface area (Å²) in [5.74, 6) is 0.430. The Morgan fingerprint density at radius 3 is 2.80 bits per heavy atom. The third-order valence-corrected chi connectivity index (χ3v) is 3.14. The van der Waals surface area contributed by atoms with E-state index in [1.807, 2.05) is 0 Å². The zero-order valence-corrected chi connectivity index (χ0v) is 12.5. The SMILES string of the molecule is COc1cccc(-c2nc3c([nH]2)CNCC3)c1F.Cl.Cl. The highest BCUT2D eigenvalue weighted by atomic mass is 35.5. The number of benzene rings is 1. The number of hydrogen-bond acceptors (Lipinski definition) is 3. The molecule has 1 aromatic heterocycles. The van der Waals surface area contributed by atoms with Crippen molar-refractivity contribution < 1.29 is 9.13 Å². The molecule has 4 nitrogen and oxygen atoms in total. The van der Waals surface area contributed by atoms with E-state index >= 15 is 0 Å². The Bertz CT molecular complexity index is 565. The summed E-state index contributed by atoms with van der Waals surface area (Å²) in [7, 11) is 1.46. The lowest BCUT2D eigenvalue weighted by atomic mass is 10.2. The number of halogens is 3. The van der Waals surface area contributed by atoms with E-state index in [9.17, 15) is 4.39 Å². The highest BCUT2D eigenvalue weighted by molar-refractivity contribution is 5.85. The molecule has 0 atom stereocenters. The summed E-state index contributed by atoms with van der Waals surface area (Å²) in [6, 6.07) is 5.07. The monoisotopic (exact) mass is 319 g/mol. The van der Waals surface area contributed by atoms with E-state index in [4.69, 9.17) is 4.74 Å². The highest BCUT2D eigenvalue weighted by Gasteiger charge is 2.18. The van der Waals surface area contributed by atoms with Gasteiger partial charge < -0.3 is 15.0 Å². The standard InChI is InChI=1S/C13H14FN3O.2ClH/c1-18-11-4-2-3-8(12(11)14)13-16-9-5-6-15-7-10(9)17-13;;/h2-4,15H,5-7H2,1H3,(H,16,17);2*1H. The summed E-state index contributed by atoms with van der Waals surface area (Å²) in [5.41, 5.74) is 2.51. The molecular formula is C13H16Cl2FN3O. The van der Waals surface area contributed by atoms with Gasteiger partial charge in [0.15, 0.2) is 11.6 Å². The summed E-state index contributed by atoms with van der Waals surface area (Å²) in [6.45, 7) is 1.67. The van der Waals surface area contributed by atoms with Crippen molar-refractivity contribution in [2.45, 2.75) is 13.0 Å². The van der Waals surface area contributed by atoms with Crippen molar-refractivity contribution in [3.63, 3.8) is 0 Å². The van der Waals surface area contributed by atoms with Gasteiger partial charge in [0.2, 0.25) is 0 Å². The third-order valence-electron chi connectivity index (χ3n) is 3.14. The smallest absolute Gasteiger partial charge is 0.175 e. The van der Waals surface area contributed by atoms with Crippen molar-refractivity contribution >= 4 is 24.8 Å². The first kappa shape index (κ1) is 16.8. The Hall–Kier alpha value is -1.30. The first-order valence-corrected chi connectivity index (χ1v) is 5.91. The first-order valence-electron chi connectivity index (χ1n) is 5.91. The number of rotatable bonds is 2. The second-order valence-corrected chi connectivity index (χ2v) is 4.26. The van der Waals surface area contributed by atoms with Gasteiger partial charge in [-0.15, -0.1) is 24.8 Å². The molecule has 3 rings (SSSR count). The first-order chi connectivity index (χ1) is 8.79. The molecule has 0 spiro atoms. The topological polar surface area (TPSA) is 49.9 Å². The van der Waals surface area contributed by atoms with Gasteiger partial charge >= 0.3 is 0 Å². The third kappa shape index (κ3) is 2.90. The number of methoxy groups -OCH3 is 1. The fourth-order valence-electron chi connectivity index (χ4n) is 2.20. The lowest BCUT2D eigenvalue weighted by Gasteiger charge is -2.09. The lowest BCUT2D eigenvalue weighted by molar-refractivity contribution is 0.387. The molecular weight excluding hydrogens is 304 g/mol. The van der Waals surface area contributed by atoms with Crippen LogP contribution in [0.1, 0.15) is 11.4 Å². The van der Waals surface area contributed by atoms with E-state index in [1.165, 1.54) is 7.11 Å². The molecule has 1 aliphatic heterocycles. The van der Waals surface area contributed by atoms with E-state index in [0.717, 1.165) is 30.9 Å². The number of hydrogen-bond donors (Lipinski definition) is 2. The predicted octanol–water partition coefficient (Wildman–Crippen LogP) is 2.71. The molecule has 2 heterocycles. The summed E-state index contributed by atoms with van der Waals surface area (Å²) in [5, 5.41) is 3.25. The van der Waals surface area contributed by atoms with Crippen LogP contribution in [0, 0.1) is 5.82 Å². The number of H-pyrrole nitrogens is 1. The fraction of sp³-hybridized carbons (Fsp3) is 0.308. The zero-order valence-electron chi connectivity index (χ0n) is 10.9. The van der Waals surface area contributed by atoms with Gasteiger partial charge in [0.05, 0.1) is 24.1 Å². The van der Waals surface area contributed by atoms with Gasteiger partial charge in [-0.2, -0.15) is 0 Å². The van der Waals surface area contributed by atoms with Crippen LogP contribution in [0.4, 0.5) is 4.39 Å². The maximum absolute atomic E-state index is 14.1. The quantitative estimate of drug-likeness (QED) is 0.894. The fourth-order valence-corrected chi connectivity index (χ4v) is 2.20. The molecule has 110 valence electrons. The number of imidazole rings is 1. The molecule has 0 aliphatic carbocycles. The molecule has 1 aromatic carbocycles. The van der Waals surface area contributed by atoms with Gasteiger partial charge in [-0.3, -0.25) is 0 Å². The number of nitrogens with zero attached hydrogens (tertiary/aromatic N) is 1. The van der Waals surface area contributed by atoms with E-state index in [-0.39, 0.29) is 36.4 Å². The van der Waals surface area contributed by atoms with Crippen LogP contribution >= 0.6 is 24.8 Å². The normalized spacial score (nSPS) is 12.9. The van der Waals surface area contributed by atoms with Crippen molar-refractivity contribution in [3.05, 3.63) is 35.4 Å². The van der Waals surface area contributed by atoms with Crippen molar-refractivity contribution in [3.8, 4) is 17.1 Å². The molecule has 0 bridgehead atoms. The second kappa shape index (κ2) is 6.92. The molecule has 0 saturated carbocycles. The average Bonchev–Trinajstić information content (AvgIpc) is 2.82. The summed E-state index contributed by atoms with van der Waals surface area (Å²) < 4.78 is 19.1. The Morgan fingerprint density at radius 1 is 1.30 bits per heavy atom. The van der Waals surface area contributed by atoms with Crippen molar-refractivity contribution in [2.75, 3.05) is 13.7 Å². The average molecular weight is 320 g/mol. The predicted molar refractivity (Wildman–Crippen MR) is 80.4 cm³/mol. The van der Waals surface area contributed by atoms with Gasteiger partial charge in [-0.1, -0.05) is 6.07 Å². The van der Waals surface area contributed by atoms with Crippen LogP contribution in [-0.4, -0.2) is 23.6 Å². The number of fused-ring (bicyclic) bond motifs is 1. The Morgan fingerprint density at radius 2 is 2.10 bits per heavy atom. The molecule has 2 N–H and O–H groups in total. The van der Waals surface area contributed by atoms with E-state index in [1.54, 1.807) is 18.2 Å². The molecule has 0 unspecified atom stereocenters. The van der Waals surface area contributed by atoms with Gasteiger partial charge in [0.1, 0.15) is 5.82 Å². The summed E-state index contributed by atoms with van der Waals surface area (Å²) in [4.78, 5) is 7.64. The maximum atomic E-state index is 14.1. The largest absolute Gasteiger partial charge is 0.494 e.